The second kappa shape index (κ2) is 1.65. The molecule has 6 heavy (non-hydrogen) atoms. The Hall–Kier alpha value is 0.0329. The van der Waals surface area contributed by atoms with Crippen LogP contribution in [0.3, 0.4) is 0 Å². The van der Waals surface area contributed by atoms with E-state index in [2.05, 4.69) is 22.2 Å². The SMILES string of the molecule is [CH3][Ge]([CH3])([CH3])[C]#N. The first-order valence-corrected chi connectivity index (χ1v) is 9.32. The van der Waals surface area contributed by atoms with Crippen LogP contribution < -0.4 is 0 Å². The topological polar surface area (TPSA) is 23.8 Å². The normalized spacial score (nSPS) is 10.3. The van der Waals surface area contributed by atoms with Crippen molar-refractivity contribution in [1.29, 1.82) is 5.26 Å². The third kappa shape index (κ3) is 4.03. The maximum atomic E-state index is 8.24. The molecule has 0 aliphatic carbocycles. The summed E-state index contributed by atoms with van der Waals surface area (Å²) in [4.78, 5) is 2.29. The molecule has 0 aromatic heterocycles. The van der Waals surface area contributed by atoms with E-state index in [1.807, 2.05) is 0 Å². The molecule has 0 unspecified atom stereocenters. The molecule has 34 valence electrons. The molecule has 0 heterocycles. The minimum atomic E-state index is -1.74. The van der Waals surface area contributed by atoms with Crippen LogP contribution in [0.4, 0.5) is 0 Å². The van der Waals surface area contributed by atoms with Gasteiger partial charge in [0.1, 0.15) is 0 Å². The van der Waals surface area contributed by atoms with Crippen LogP contribution in [0.1, 0.15) is 0 Å². The number of hydrogen-bond acceptors (Lipinski definition) is 1. The molecular weight excluding hydrogens is 135 g/mol. The third-order valence-corrected chi connectivity index (χ3v) is 1.74. The van der Waals surface area contributed by atoms with Gasteiger partial charge in [-0.1, -0.05) is 0 Å². The molecule has 1 nitrogen and oxygen atoms in total. The van der Waals surface area contributed by atoms with Crippen LogP contribution in [0, 0.1) is 10.2 Å². The van der Waals surface area contributed by atoms with Gasteiger partial charge in [-0.25, -0.2) is 0 Å². The van der Waals surface area contributed by atoms with E-state index in [-0.39, 0.29) is 0 Å². The zero-order chi connectivity index (χ0) is 5.21. The predicted octanol–water partition coefficient (Wildman–Crippen LogP) is 1.39. The van der Waals surface area contributed by atoms with Gasteiger partial charge in [0, 0.05) is 0 Å². The molecule has 0 radical (unpaired) electrons. The second-order valence-electron chi connectivity index (χ2n) is 2.36. The van der Waals surface area contributed by atoms with Crippen LogP contribution >= 0.6 is 0 Å². The number of rotatable bonds is 0. The van der Waals surface area contributed by atoms with E-state index < -0.39 is 13.3 Å². The van der Waals surface area contributed by atoms with Gasteiger partial charge in [0.05, 0.1) is 0 Å². The van der Waals surface area contributed by atoms with Crippen LogP contribution in [0.5, 0.6) is 0 Å². The van der Waals surface area contributed by atoms with Crippen molar-refractivity contribution < 1.29 is 0 Å². The first-order chi connectivity index (χ1) is 2.56. The van der Waals surface area contributed by atoms with Crippen LogP contribution in [-0.2, 0) is 0 Å². The van der Waals surface area contributed by atoms with Gasteiger partial charge in [-0.3, -0.25) is 0 Å². The number of nitrogens with zero attached hydrogens (tertiary/aromatic N) is 1. The average Bonchev–Trinajstić information content (AvgIpc) is 1.35. The third-order valence-electron chi connectivity index (χ3n) is 0.335. The molecule has 0 saturated heterocycles. The first kappa shape index (κ1) is 6.03. The van der Waals surface area contributed by atoms with Crippen molar-refractivity contribution in [2.45, 2.75) is 17.3 Å². The summed E-state index contributed by atoms with van der Waals surface area (Å²) in [7, 11) is 0. The molecule has 0 N–H and O–H groups in total. The predicted molar refractivity (Wildman–Crippen MR) is 29.0 cm³/mol. The quantitative estimate of drug-likeness (QED) is 0.471. The molecule has 0 fully saturated rings. The fourth-order valence-corrected chi connectivity index (χ4v) is 0. The van der Waals surface area contributed by atoms with Crippen molar-refractivity contribution in [3.05, 3.63) is 0 Å². The van der Waals surface area contributed by atoms with E-state index in [0.717, 1.165) is 0 Å². The molecule has 0 aromatic carbocycles. The monoisotopic (exact) mass is 145 g/mol. The fraction of sp³-hybridized carbons (Fsp3) is 0.750. The van der Waals surface area contributed by atoms with E-state index in [0.29, 0.717) is 0 Å². The van der Waals surface area contributed by atoms with Gasteiger partial charge in [-0.15, -0.1) is 0 Å². The van der Waals surface area contributed by atoms with E-state index in [4.69, 9.17) is 5.26 Å². The Kier molecular flexibility index (Phi) is 1.66. The molecule has 0 spiro atoms. The van der Waals surface area contributed by atoms with Crippen molar-refractivity contribution >= 4 is 13.3 Å². The second-order valence-corrected chi connectivity index (χ2v) is 12.3. The summed E-state index contributed by atoms with van der Waals surface area (Å²) < 4.78 is 0. The summed E-state index contributed by atoms with van der Waals surface area (Å²) in [5.74, 6) is 6.21. The van der Waals surface area contributed by atoms with Crippen LogP contribution in [-0.4, -0.2) is 13.3 Å². The summed E-state index contributed by atoms with van der Waals surface area (Å²) in [6, 6.07) is 0. The molecular formula is C4H9GeN. The zero-order valence-electron chi connectivity index (χ0n) is 4.45. The minimum absolute atomic E-state index is 1.74. The molecule has 0 aromatic rings. The Morgan fingerprint density at radius 2 is 1.50 bits per heavy atom. The summed E-state index contributed by atoms with van der Waals surface area (Å²) in [5, 5.41) is 8.24. The van der Waals surface area contributed by atoms with E-state index in [1.54, 1.807) is 0 Å². The van der Waals surface area contributed by atoms with E-state index in [9.17, 15) is 0 Å². The van der Waals surface area contributed by atoms with Gasteiger partial charge >= 0.3 is 40.7 Å². The summed E-state index contributed by atoms with van der Waals surface area (Å²) in [6.45, 7) is 0. The van der Waals surface area contributed by atoms with Gasteiger partial charge in [0.15, 0.2) is 0 Å². The van der Waals surface area contributed by atoms with Crippen LogP contribution in [0.15, 0.2) is 0 Å². The molecule has 0 bridgehead atoms. The molecule has 0 saturated carbocycles. The van der Waals surface area contributed by atoms with E-state index in [1.165, 1.54) is 0 Å². The summed E-state index contributed by atoms with van der Waals surface area (Å²) >= 11 is -1.74. The Bertz CT molecular complexity index is 74.5. The van der Waals surface area contributed by atoms with Crippen molar-refractivity contribution in [1.82, 2.24) is 0 Å². The molecule has 0 amide bonds. The molecule has 0 rings (SSSR count). The van der Waals surface area contributed by atoms with Crippen molar-refractivity contribution in [2.75, 3.05) is 0 Å². The zero-order valence-corrected chi connectivity index (χ0v) is 6.55. The Morgan fingerprint density at radius 1 is 1.33 bits per heavy atom. The Labute approximate surface area is 41.3 Å². The Balaban J connectivity index is 3.55. The molecule has 0 aliphatic rings. The van der Waals surface area contributed by atoms with Gasteiger partial charge in [0.2, 0.25) is 0 Å². The molecule has 0 aliphatic heterocycles. The van der Waals surface area contributed by atoms with E-state index >= 15 is 0 Å². The van der Waals surface area contributed by atoms with Crippen molar-refractivity contribution in [3.8, 4) is 4.90 Å². The fourth-order valence-electron chi connectivity index (χ4n) is 0. The summed E-state index contributed by atoms with van der Waals surface area (Å²) in [5.41, 5.74) is 0. The number of nitriles is 1. The van der Waals surface area contributed by atoms with Gasteiger partial charge < -0.3 is 0 Å². The van der Waals surface area contributed by atoms with Gasteiger partial charge in [0.25, 0.3) is 0 Å². The average molecular weight is 144 g/mol. The van der Waals surface area contributed by atoms with Gasteiger partial charge in [-0.2, -0.15) is 0 Å². The standard InChI is InChI=1S/C4H9GeN/c1-5(2,3)4-6/h1-3H3. The van der Waals surface area contributed by atoms with Gasteiger partial charge in [-0.05, 0) is 0 Å². The van der Waals surface area contributed by atoms with Crippen molar-refractivity contribution in [2.24, 2.45) is 0 Å². The Morgan fingerprint density at radius 3 is 1.50 bits per heavy atom. The molecule has 2 heteroatoms. The number of hydrogen-bond donors (Lipinski definition) is 0. The van der Waals surface area contributed by atoms with Crippen molar-refractivity contribution in [3.63, 3.8) is 0 Å². The van der Waals surface area contributed by atoms with Crippen LogP contribution in [0.25, 0.3) is 0 Å². The first-order valence-electron chi connectivity index (χ1n) is 1.97. The molecule has 0 atom stereocenters. The summed E-state index contributed by atoms with van der Waals surface area (Å²) in [6.07, 6.45) is 0. The van der Waals surface area contributed by atoms with Crippen LogP contribution in [0.2, 0.25) is 17.3 Å². The maximum absolute atomic E-state index is 8.24.